The second-order valence-corrected chi connectivity index (χ2v) is 8.00. The quantitative estimate of drug-likeness (QED) is 0.562. The first-order chi connectivity index (χ1) is 13.5. The summed E-state index contributed by atoms with van der Waals surface area (Å²) in [5.74, 6) is 3.26. The van der Waals surface area contributed by atoms with Crippen LogP contribution in [-0.4, -0.2) is 35.4 Å². The van der Waals surface area contributed by atoms with Crippen molar-refractivity contribution in [3.8, 4) is 17.4 Å². The Hall–Kier alpha value is -2.67. The van der Waals surface area contributed by atoms with Gasteiger partial charge in [0.05, 0.1) is 31.5 Å². The molecule has 1 aliphatic heterocycles. The Morgan fingerprint density at radius 2 is 1.71 bits per heavy atom. The number of ether oxygens (including phenoxy) is 2. The molecule has 7 heteroatoms. The summed E-state index contributed by atoms with van der Waals surface area (Å²) in [6.45, 7) is 4.11. The molecule has 6 nitrogen and oxygen atoms in total. The predicted molar refractivity (Wildman–Crippen MR) is 113 cm³/mol. The van der Waals surface area contributed by atoms with Crippen LogP contribution in [0.25, 0.3) is 10.9 Å². The van der Waals surface area contributed by atoms with E-state index in [1.54, 1.807) is 14.2 Å². The highest BCUT2D eigenvalue weighted by atomic mass is 32.2. The smallest absolute Gasteiger partial charge is 0.221 e. The summed E-state index contributed by atoms with van der Waals surface area (Å²) < 4.78 is 12.8. The summed E-state index contributed by atoms with van der Waals surface area (Å²) in [4.78, 5) is 0. The Labute approximate surface area is 168 Å². The van der Waals surface area contributed by atoms with E-state index in [4.69, 9.17) is 9.47 Å². The molecule has 3 aromatic rings. The Balaban J connectivity index is 1.87. The second kappa shape index (κ2) is 7.39. The second-order valence-electron chi connectivity index (χ2n) is 6.93. The van der Waals surface area contributed by atoms with Gasteiger partial charge in [-0.05, 0) is 43.2 Å². The van der Waals surface area contributed by atoms with Gasteiger partial charge in [0.15, 0.2) is 17.2 Å². The Kier molecular flexibility index (Phi) is 4.93. The maximum absolute atomic E-state index is 11.0. The molecule has 2 aromatic carbocycles. The van der Waals surface area contributed by atoms with Crippen LogP contribution < -0.4 is 9.47 Å². The normalized spacial score (nSPS) is 14.6. The molecule has 0 saturated carbocycles. The van der Waals surface area contributed by atoms with Crippen molar-refractivity contribution in [2.24, 2.45) is 10.2 Å². The first-order valence-corrected chi connectivity index (χ1v) is 10.2. The first kappa shape index (κ1) is 18.7. The van der Waals surface area contributed by atoms with E-state index in [1.165, 1.54) is 5.56 Å². The van der Waals surface area contributed by atoms with Gasteiger partial charge < -0.3 is 19.1 Å². The van der Waals surface area contributed by atoms with E-state index in [2.05, 4.69) is 17.2 Å². The molecule has 0 radical (unpaired) electrons. The fraction of sp³-hybridized carbons (Fsp3) is 0.333. The van der Waals surface area contributed by atoms with Crippen molar-refractivity contribution in [3.05, 3.63) is 41.5 Å². The number of aromatic hydroxyl groups is 1. The number of fused-ring (bicyclic) bond motifs is 1. The molecule has 1 aliphatic rings. The van der Waals surface area contributed by atoms with Crippen LogP contribution in [0.2, 0.25) is 0 Å². The van der Waals surface area contributed by atoms with E-state index in [9.17, 15) is 5.11 Å². The van der Waals surface area contributed by atoms with Crippen LogP contribution >= 0.6 is 11.8 Å². The highest BCUT2D eigenvalue weighted by Crippen LogP contribution is 2.47. The summed E-state index contributed by atoms with van der Waals surface area (Å²) in [5.41, 5.74) is 4.43. The van der Waals surface area contributed by atoms with Crippen LogP contribution in [0.15, 0.2) is 40.6 Å². The number of hydrogen-bond donors (Lipinski definition) is 1. The summed E-state index contributed by atoms with van der Waals surface area (Å²) in [6.07, 6.45) is 0. The fourth-order valence-electron chi connectivity index (χ4n) is 3.34. The lowest BCUT2D eigenvalue weighted by atomic mass is 10.1. The molecule has 1 N–H and O–H groups in total. The topological polar surface area (TPSA) is 68.3 Å². The van der Waals surface area contributed by atoms with Crippen LogP contribution in [-0.2, 0) is 0 Å². The van der Waals surface area contributed by atoms with E-state index in [0.717, 1.165) is 33.7 Å². The largest absolute Gasteiger partial charge is 0.493 e. The number of hydrogen-bond acceptors (Lipinski definition) is 6. The monoisotopic (exact) mass is 397 g/mol. The molecule has 1 fully saturated rings. The minimum Gasteiger partial charge on any atom is -0.493 e. The SMILES string of the molecule is COc1cc2c(N=Nc3ccc(C)c(C)c3)c(O)n(C3CSC3)c2cc1OC. The Morgan fingerprint density at radius 1 is 1.00 bits per heavy atom. The predicted octanol–water partition coefficient (Wildman–Crippen LogP) is 5.68. The highest BCUT2D eigenvalue weighted by Gasteiger charge is 2.28. The van der Waals surface area contributed by atoms with Crippen molar-refractivity contribution in [3.63, 3.8) is 0 Å². The van der Waals surface area contributed by atoms with Crippen LogP contribution in [0.5, 0.6) is 17.4 Å². The molecule has 0 spiro atoms. The molecule has 2 heterocycles. The average molecular weight is 398 g/mol. The maximum Gasteiger partial charge on any atom is 0.221 e. The molecule has 28 heavy (non-hydrogen) atoms. The molecule has 1 saturated heterocycles. The number of nitrogens with zero attached hydrogens (tertiary/aromatic N) is 3. The van der Waals surface area contributed by atoms with E-state index >= 15 is 0 Å². The summed E-state index contributed by atoms with van der Waals surface area (Å²) >= 11 is 1.86. The number of benzene rings is 2. The zero-order valence-electron chi connectivity index (χ0n) is 16.4. The van der Waals surface area contributed by atoms with Crippen LogP contribution in [0.1, 0.15) is 17.2 Å². The van der Waals surface area contributed by atoms with Gasteiger partial charge in [-0.3, -0.25) is 0 Å². The molecule has 4 rings (SSSR count). The third-order valence-electron chi connectivity index (χ3n) is 5.20. The molecular weight excluding hydrogens is 374 g/mol. The van der Waals surface area contributed by atoms with Gasteiger partial charge in [-0.2, -0.15) is 16.9 Å². The highest BCUT2D eigenvalue weighted by molar-refractivity contribution is 8.00. The van der Waals surface area contributed by atoms with E-state index in [0.29, 0.717) is 17.2 Å². The minimum atomic E-state index is 0.128. The maximum atomic E-state index is 11.0. The van der Waals surface area contributed by atoms with Gasteiger partial charge in [0.2, 0.25) is 5.88 Å². The summed E-state index contributed by atoms with van der Waals surface area (Å²) in [6, 6.07) is 9.91. The van der Waals surface area contributed by atoms with Crippen LogP contribution in [0.3, 0.4) is 0 Å². The van der Waals surface area contributed by atoms with Crippen LogP contribution in [0, 0.1) is 13.8 Å². The number of aromatic nitrogens is 1. The van der Waals surface area contributed by atoms with E-state index in [-0.39, 0.29) is 11.9 Å². The van der Waals surface area contributed by atoms with Crippen molar-refractivity contribution in [1.82, 2.24) is 4.57 Å². The minimum absolute atomic E-state index is 0.128. The fourth-order valence-corrected chi connectivity index (χ4v) is 4.09. The average Bonchev–Trinajstić information content (AvgIpc) is 2.91. The standard InChI is InChI=1S/C21H23N3O3S/c1-12-5-6-14(7-13(12)2)22-23-20-16-8-18(26-3)19(27-4)9-17(16)24(21(20)25)15-10-28-11-15/h5-9,15,25H,10-11H2,1-4H3. The molecular formula is C21H23N3O3S. The van der Waals surface area contributed by atoms with Gasteiger partial charge in [0, 0.05) is 23.0 Å². The van der Waals surface area contributed by atoms with Crippen molar-refractivity contribution in [1.29, 1.82) is 0 Å². The number of aryl methyl sites for hydroxylation is 2. The van der Waals surface area contributed by atoms with Gasteiger partial charge in [0.1, 0.15) is 0 Å². The van der Waals surface area contributed by atoms with Crippen molar-refractivity contribution in [2.45, 2.75) is 19.9 Å². The van der Waals surface area contributed by atoms with Crippen molar-refractivity contribution < 1.29 is 14.6 Å². The third-order valence-corrected chi connectivity index (χ3v) is 6.44. The van der Waals surface area contributed by atoms with Crippen molar-refractivity contribution in [2.75, 3.05) is 25.7 Å². The van der Waals surface area contributed by atoms with E-state index < -0.39 is 0 Å². The number of rotatable bonds is 5. The summed E-state index contributed by atoms with van der Waals surface area (Å²) in [5, 5.41) is 20.6. The lowest BCUT2D eigenvalue weighted by Gasteiger charge is -2.28. The third kappa shape index (κ3) is 3.09. The zero-order valence-corrected chi connectivity index (χ0v) is 17.2. The number of thioether (sulfide) groups is 1. The first-order valence-electron chi connectivity index (χ1n) is 9.09. The Bertz CT molecular complexity index is 1070. The molecule has 0 unspecified atom stereocenters. The zero-order chi connectivity index (χ0) is 19.8. The van der Waals surface area contributed by atoms with Gasteiger partial charge in [-0.25, -0.2) is 0 Å². The van der Waals surface area contributed by atoms with Gasteiger partial charge >= 0.3 is 0 Å². The van der Waals surface area contributed by atoms with Gasteiger partial charge in [-0.15, -0.1) is 5.11 Å². The van der Waals surface area contributed by atoms with Crippen LogP contribution in [0.4, 0.5) is 11.4 Å². The summed E-state index contributed by atoms with van der Waals surface area (Å²) in [7, 11) is 3.20. The van der Waals surface area contributed by atoms with Gasteiger partial charge in [0.25, 0.3) is 0 Å². The number of methoxy groups -OCH3 is 2. The van der Waals surface area contributed by atoms with E-state index in [1.807, 2.05) is 53.6 Å². The number of azo groups is 1. The van der Waals surface area contributed by atoms with Crippen molar-refractivity contribution >= 4 is 34.0 Å². The Morgan fingerprint density at radius 3 is 2.32 bits per heavy atom. The molecule has 0 bridgehead atoms. The molecule has 1 aromatic heterocycles. The molecule has 0 atom stereocenters. The lowest BCUT2D eigenvalue weighted by Crippen LogP contribution is -2.22. The van der Waals surface area contributed by atoms with Gasteiger partial charge in [-0.1, -0.05) is 6.07 Å². The lowest BCUT2D eigenvalue weighted by molar-refractivity contribution is 0.355. The molecule has 0 amide bonds. The molecule has 0 aliphatic carbocycles. The molecule has 146 valence electrons.